The second-order valence-corrected chi connectivity index (χ2v) is 3.51. The normalized spacial score (nSPS) is 13.2. The Bertz CT molecular complexity index is 423. The molecule has 4 nitrogen and oxygen atoms in total. The molecule has 0 amide bonds. The number of alkyl halides is 3. The Morgan fingerprint density at radius 1 is 1.44 bits per heavy atom. The molecule has 1 rings (SSSR count). The number of aliphatic hydroxyl groups is 1. The van der Waals surface area contributed by atoms with Gasteiger partial charge in [0.05, 0.1) is 18.5 Å². The molecule has 4 N–H and O–H groups in total. The lowest BCUT2D eigenvalue weighted by Gasteiger charge is -2.17. The van der Waals surface area contributed by atoms with E-state index in [1.165, 1.54) is 7.11 Å². The van der Waals surface area contributed by atoms with Crippen molar-refractivity contribution in [2.24, 2.45) is 0 Å². The molecule has 0 fully saturated rings. The van der Waals surface area contributed by atoms with Crippen molar-refractivity contribution in [1.82, 2.24) is 0 Å². The average Bonchev–Trinajstić information content (AvgIpc) is 2.26. The number of aliphatic hydroxyl groups excluding tert-OH is 1. The van der Waals surface area contributed by atoms with E-state index in [2.05, 4.69) is 5.32 Å². The SMILES string of the molecule is COc1cc(NCC(O)C(F)(F)F)c(F)cc1N. The second kappa shape index (κ2) is 5.30. The maximum Gasteiger partial charge on any atom is 0.416 e. The predicted octanol–water partition coefficient (Wildman–Crippen LogP) is 1.75. The molecule has 1 aromatic rings. The topological polar surface area (TPSA) is 67.5 Å². The van der Waals surface area contributed by atoms with Crippen LogP contribution in [0.1, 0.15) is 0 Å². The minimum Gasteiger partial charge on any atom is -0.495 e. The predicted molar refractivity (Wildman–Crippen MR) is 57.9 cm³/mol. The smallest absolute Gasteiger partial charge is 0.416 e. The van der Waals surface area contributed by atoms with E-state index in [1.54, 1.807) is 0 Å². The van der Waals surface area contributed by atoms with Crippen LogP contribution in [0.2, 0.25) is 0 Å². The highest BCUT2D eigenvalue weighted by molar-refractivity contribution is 5.62. The molecule has 0 aromatic heterocycles. The summed E-state index contributed by atoms with van der Waals surface area (Å²) in [5.41, 5.74) is 5.20. The number of anilines is 2. The number of nitrogen functional groups attached to an aromatic ring is 1. The van der Waals surface area contributed by atoms with Gasteiger partial charge in [-0.3, -0.25) is 0 Å². The molecule has 0 saturated carbocycles. The Morgan fingerprint density at radius 3 is 2.56 bits per heavy atom. The molecule has 0 aliphatic rings. The van der Waals surface area contributed by atoms with Crippen LogP contribution in [0.25, 0.3) is 0 Å². The van der Waals surface area contributed by atoms with Crippen molar-refractivity contribution in [2.75, 3.05) is 24.7 Å². The molecule has 18 heavy (non-hydrogen) atoms. The fourth-order valence-electron chi connectivity index (χ4n) is 1.20. The monoisotopic (exact) mass is 268 g/mol. The van der Waals surface area contributed by atoms with Crippen molar-refractivity contribution in [3.63, 3.8) is 0 Å². The number of halogens is 4. The van der Waals surface area contributed by atoms with Crippen LogP contribution in [-0.2, 0) is 0 Å². The average molecular weight is 268 g/mol. The maximum absolute atomic E-state index is 13.4. The van der Waals surface area contributed by atoms with E-state index in [9.17, 15) is 17.6 Å². The molecule has 1 atom stereocenters. The third-order valence-corrected chi connectivity index (χ3v) is 2.18. The molecule has 0 radical (unpaired) electrons. The van der Waals surface area contributed by atoms with Gasteiger partial charge in [0.15, 0.2) is 6.10 Å². The van der Waals surface area contributed by atoms with Gasteiger partial charge in [0.25, 0.3) is 0 Å². The summed E-state index contributed by atoms with van der Waals surface area (Å²) in [4.78, 5) is 0. The first-order valence-corrected chi connectivity index (χ1v) is 4.87. The molecule has 1 aromatic carbocycles. The standard InChI is InChI=1S/C10H12F4N2O2/c1-18-8-3-7(5(11)2-6(8)15)16-4-9(17)10(12,13)14/h2-3,9,16-17H,4,15H2,1H3. The van der Waals surface area contributed by atoms with Gasteiger partial charge in [0.2, 0.25) is 0 Å². The summed E-state index contributed by atoms with van der Waals surface area (Å²) in [6.45, 7) is -0.868. The summed E-state index contributed by atoms with van der Waals surface area (Å²) >= 11 is 0. The summed E-state index contributed by atoms with van der Waals surface area (Å²) in [6.07, 6.45) is -7.35. The number of methoxy groups -OCH3 is 1. The van der Waals surface area contributed by atoms with Crippen LogP contribution in [0.4, 0.5) is 28.9 Å². The van der Waals surface area contributed by atoms with E-state index >= 15 is 0 Å². The lowest BCUT2D eigenvalue weighted by atomic mass is 10.2. The van der Waals surface area contributed by atoms with E-state index < -0.39 is 24.6 Å². The number of hydrogen-bond donors (Lipinski definition) is 3. The number of benzene rings is 1. The Hall–Kier alpha value is -1.70. The first kappa shape index (κ1) is 14.4. The summed E-state index contributed by atoms with van der Waals surface area (Å²) in [6, 6.07) is 2.04. The van der Waals surface area contributed by atoms with Gasteiger partial charge in [-0.25, -0.2) is 4.39 Å². The summed E-state index contributed by atoms with van der Waals surface area (Å²) in [5.74, 6) is -0.705. The van der Waals surface area contributed by atoms with Crippen LogP contribution >= 0.6 is 0 Å². The zero-order valence-electron chi connectivity index (χ0n) is 9.38. The second-order valence-electron chi connectivity index (χ2n) is 3.51. The first-order valence-electron chi connectivity index (χ1n) is 4.87. The van der Waals surface area contributed by atoms with E-state index in [0.717, 1.165) is 12.1 Å². The van der Waals surface area contributed by atoms with Gasteiger partial charge in [0, 0.05) is 18.7 Å². The lowest BCUT2D eigenvalue weighted by Crippen LogP contribution is -2.35. The van der Waals surface area contributed by atoms with Crippen molar-refractivity contribution < 1.29 is 27.4 Å². The van der Waals surface area contributed by atoms with Gasteiger partial charge in [-0.05, 0) is 0 Å². The largest absolute Gasteiger partial charge is 0.495 e. The van der Waals surface area contributed by atoms with Gasteiger partial charge >= 0.3 is 6.18 Å². The molecule has 0 saturated heterocycles. The molecule has 0 bridgehead atoms. The molecule has 1 unspecified atom stereocenters. The molecule has 8 heteroatoms. The van der Waals surface area contributed by atoms with Gasteiger partial charge < -0.3 is 20.9 Å². The first-order chi connectivity index (χ1) is 8.25. The molecule has 102 valence electrons. The van der Waals surface area contributed by atoms with Gasteiger partial charge in [-0.15, -0.1) is 0 Å². The zero-order chi connectivity index (χ0) is 13.9. The fourth-order valence-corrected chi connectivity index (χ4v) is 1.20. The van der Waals surface area contributed by atoms with Gasteiger partial charge in [0.1, 0.15) is 11.6 Å². The molecular weight excluding hydrogens is 256 g/mol. The number of nitrogens with one attached hydrogen (secondary N) is 1. The highest BCUT2D eigenvalue weighted by Crippen LogP contribution is 2.28. The highest BCUT2D eigenvalue weighted by atomic mass is 19.4. The van der Waals surface area contributed by atoms with Crippen LogP contribution < -0.4 is 15.8 Å². The molecule has 0 heterocycles. The quantitative estimate of drug-likeness (QED) is 0.575. The maximum atomic E-state index is 13.4. The van der Waals surface area contributed by atoms with E-state index in [-0.39, 0.29) is 17.1 Å². The minimum absolute atomic E-state index is 0.0249. The fraction of sp³-hybridized carbons (Fsp3) is 0.400. The zero-order valence-corrected chi connectivity index (χ0v) is 9.38. The summed E-state index contributed by atoms with van der Waals surface area (Å²) in [7, 11) is 1.29. The van der Waals surface area contributed by atoms with Crippen LogP contribution in [0.15, 0.2) is 12.1 Å². The highest BCUT2D eigenvalue weighted by Gasteiger charge is 2.37. The Balaban J connectivity index is 2.79. The molecule has 0 spiro atoms. The summed E-state index contributed by atoms with van der Waals surface area (Å²) < 4.78 is 54.3. The van der Waals surface area contributed by atoms with Crippen molar-refractivity contribution in [3.8, 4) is 5.75 Å². The Labute approximate surface area is 100 Å². The minimum atomic E-state index is -4.76. The van der Waals surface area contributed by atoms with Crippen LogP contribution in [0.5, 0.6) is 5.75 Å². The van der Waals surface area contributed by atoms with Crippen molar-refractivity contribution in [2.45, 2.75) is 12.3 Å². The lowest BCUT2D eigenvalue weighted by molar-refractivity contribution is -0.198. The number of nitrogens with two attached hydrogens (primary N) is 1. The van der Waals surface area contributed by atoms with E-state index in [1.807, 2.05) is 0 Å². The summed E-state index contributed by atoms with van der Waals surface area (Å²) in [5, 5.41) is 10.9. The van der Waals surface area contributed by atoms with Crippen LogP contribution in [-0.4, -0.2) is 31.0 Å². The third-order valence-electron chi connectivity index (χ3n) is 2.18. The van der Waals surface area contributed by atoms with Crippen LogP contribution in [0.3, 0.4) is 0 Å². The molecular formula is C10H12F4N2O2. The van der Waals surface area contributed by atoms with Crippen molar-refractivity contribution in [3.05, 3.63) is 17.9 Å². The molecule has 0 aliphatic carbocycles. The Kier molecular flexibility index (Phi) is 4.23. The number of hydrogen-bond acceptors (Lipinski definition) is 4. The Morgan fingerprint density at radius 2 is 2.06 bits per heavy atom. The number of ether oxygens (including phenoxy) is 1. The van der Waals surface area contributed by atoms with E-state index in [4.69, 9.17) is 15.6 Å². The molecule has 0 aliphatic heterocycles. The van der Waals surface area contributed by atoms with Gasteiger partial charge in [-0.1, -0.05) is 0 Å². The van der Waals surface area contributed by atoms with E-state index in [0.29, 0.717) is 0 Å². The third kappa shape index (κ3) is 3.39. The van der Waals surface area contributed by atoms with Crippen LogP contribution in [0, 0.1) is 5.82 Å². The van der Waals surface area contributed by atoms with Crippen molar-refractivity contribution in [1.29, 1.82) is 0 Å². The number of rotatable bonds is 4. The van der Waals surface area contributed by atoms with Gasteiger partial charge in [-0.2, -0.15) is 13.2 Å². The van der Waals surface area contributed by atoms with Crippen molar-refractivity contribution >= 4 is 11.4 Å².